The molecule has 2 aliphatic heterocycles. The van der Waals surface area contributed by atoms with Crippen molar-refractivity contribution in [3.05, 3.63) is 93.0 Å². The number of amides is 1. The van der Waals surface area contributed by atoms with Crippen molar-refractivity contribution in [3.63, 3.8) is 0 Å². The molecule has 2 heterocycles. The Kier molecular flexibility index (Phi) is 4.47. The largest absolute Gasteiger partial charge is 0.454 e. The molecule has 8 heteroatoms. The quantitative estimate of drug-likeness (QED) is 0.500. The fourth-order valence-corrected chi connectivity index (χ4v) is 3.92. The molecule has 3 aromatic carbocycles. The van der Waals surface area contributed by atoms with E-state index in [1.165, 1.54) is 6.07 Å². The zero-order valence-corrected chi connectivity index (χ0v) is 16.7. The van der Waals surface area contributed by atoms with E-state index in [9.17, 15) is 14.9 Å². The van der Waals surface area contributed by atoms with Gasteiger partial charge in [0.25, 0.3) is 11.6 Å². The number of nitrogens with one attached hydrogen (secondary N) is 1. The Morgan fingerprint density at radius 2 is 1.81 bits per heavy atom. The molecule has 5 rings (SSSR count). The number of hydrogen-bond donors (Lipinski definition) is 1. The van der Waals surface area contributed by atoms with E-state index in [-0.39, 0.29) is 24.9 Å². The summed E-state index contributed by atoms with van der Waals surface area (Å²) in [6.45, 7) is 2.28. The summed E-state index contributed by atoms with van der Waals surface area (Å²) in [4.78, 5) is 26.5. The Hall–Kier alpha value is -4.07. The van der Waals surface area contributed by atoms with Crippen LogP contribution in [0.25, 0.3) is 0 Å². The van der Waals surface area contributed by atoms with E-state index < -0.39 is 11.1 Å². The molecule has 0 aliphatic carbocycles. The average Bonchev–Trinajstić information content (AvgIpc) is 3.24. The molecule has 0 spiro atoms. The first kappa shape index (κ1) is 18.9. The number of nitro groups is 1. The van der Waals surface area contributed by atoms with Crippen LogP contribution in [0.2, 0.25) is 0 Å². The summed E-state index contributed by atoms with van der Waals surface area (Å²) in [5.41, 5.74) is 3.39. The number of nitrogens with zero attached hydrogens (tertiary/aromatic N) is 2. The van der Waals surface area contributed by atoms with E-state index in [1.54, 1.807) is 29.2 Å². The number of rotatable bonds is 4. The Morgan fingerprint density at radius 1 is 1.10 bits per heavy atom. The number of benzene rings is 3. The van der Waals surface area contributed by atoms with Crippen LogP contribution in [0, 0.1) is 17.0 Å². The topological polar surface area (TPSA) is 93.9 Å². The minimum absolute atomic E-state index is 0.00286. The molecule has 0 bridgehead atoms. The molecule has 1 N–H and O–H groups in total. The Balaban J connectivity index is 1.63. The van der Waals surface area contributed by atoms with Gasteiger partial charge in [-0.2, -0.15) is 0 Å². The van der Waals surface area contributed by atoms with Crippen molar-refractivity contribution in [2.45, 2.75) is 19.6 Å². The highest BCUT2D eigenvalue weighted by Crippen LogP contribution is 2.44. The van der Waals surface area contributed by atoms with Crippen LogP contribution in [0.15, 0.2) is 60.7 Å². The second kappa shape index (κ2) is 7.32. The minimum Gasteiger partial charge on any atom is -0.454 e. The summed E-state index contributed by atoms with van der Waals surface area (Å²) < 4.78 is 10.8. The molecule has 1 amide bonds. The van der Waals surface area contributed by atoms with Crippen LogP contribution in [0.3, 0.4) is 0 Å². The lowest BCUT2D eigenvalue weighted by atomic mass is 10.0. The number of carbonyl (C=O) groups excluding carboxylic acids is 1. The zero-order chi connectivity index (χ0) is 21.5. The van der Waals surface area contributed by atoms with E-state index in [4.69, 9.17) is 9.47 Å². The predicted molar refractivity (Wildman–Crippen MR) is 113 cm³/mol. The monoisotopic (exact) mass is 417 g/mol. The fourth-order valence-electron chi connectivity index (χ4n) is 3.92. The van der Waals surface area contributed by atoms with E-state index in [0.29, 0.717) is 28.3 Å². The lowest BCUT2D eigenvalue weighted by Crippen LogP contribution is -2.42. The molecule has 8 nitrogen and oxygen atoms in total. The van der Waals surface area contributed by atoms with Crippen molar-refractivity contribution in [1.82, 2.24) is 4.90 Å². The molecule has 3 aromatic rings. The number of hydrogen-bond acceptors (Lipinski definition) is 6. The zero-order valence-electron chi connectivity index (χ0n) is 16.7. The summed E-state index contributed by atoms with van der Waals surface area (Å²) in [5, 5.41) is 15.2. The third-order valence-corrected chi connectivity index (χ3v) is 5.51. The van der Waals surface area contributed by atoms with Crippen LogP contribution in [-0.2, 0) is 6.54 Å². The molecule has 0 radical (unpaired) electrons. The molecule has 156 valence electrons. The van der Waals surface area contributed by atoms with Gasteiger partial charge in [0, 0.05) is 12.2 Å². The van der Waals surface area contributed by atoms with E-state index in [1.807, 2.05) is 37.3 Å². The van der Waals surface area contributed by atoms with Crippen LogP contribution in [0.1, 0.15) is 33.2 Å². The van der Waals surface area contributed by atoms with Crippen molar-refractivity contribution in [1.29, 1.82) is 0 Å². The van der Waals surface area contributed by atoms with Crippen LogP contribution >= 0.6 is 0 Å². The third-order valence-electron chi connectivity index (χ3n) is 5.51. The highest BCUT2D eigenvalue weighted by Gasteiger charge is 2.38. The van der Waals surface area contributed by atoms with Gasteiger partial charge >= 0.3 is 0 Å². The van der Waals surface area contributed by atoms with Gasteiger partial charge in [0.05, 0.1) is 22.1 Å². The highest BCUT2D eigenvalue weighted by atomic mass is 16.7. The van der Waals surface area contributed by atoms with Crippen molar-refractivity contribution in [2.75, 3.05) is 12.1 Å². The second-order valence-corrected chi connectivity index (χ2v) is 7.53. The van der Waals surface area contributed by atoms with Gasteiger partial charge < -0.3 is 19.7 Å². The number of para-hydroxylation sites is 1. The normalized spacial score (nSPS) is 16.6. The Morgan fingerprint density at radius 3 is 2.55 bits per heavy atom. The van der Waals surface area contributed by atoms with Gasteiger partial charge in [0.1, 0.15) is 6.17 Å². The number of nitro benzene ring substituents is 1. The van der Waals surface area contributed by atoms with Crippen LogP contribution < -0.4 is 14.8 Å². The number of carbonyl (C=O) groups is 1. The smallest absolute Gasteiger partial charge is 0.280 e. The summed E-state index contributed by atoms with van der Waals surface area (Å²) in [5.74, 6) is 0.541. The molecule has 0 saturated carbocycles. The molecular weight excluding hydrogens is 398 g/mol. The van der Waals surface area contributed by atoms with Gasteiger partial charge in [-0.25, -0.2) is 0 Å². The van der Waals surface area contributed by atoms with Gasteiger partial charge in [0.15, 0.2) is 11.5 Å². The number of anilines is 1. The van der Waals surface area contributed by atoms with Crippen molar-refractivity contribution < 1.29 is 19.2 Å². The number of ether oxygens (including phenoxy) is 2. The first-order valence-corrected chi connectivity index (χ1v) is 9.81. The van der Waals surface area contributed by atoms with Crippen molar-refractivity contribution >= 4 is 17.3 Å². The molecule has 0 unspecified atom stereocenters. The third kappa shape index (κ3) is 3.31. The molecule has 2 aliphatic rings. The van der Waals surface area contributed by atoms with Crippen molar-refractivity contribution in [2.24, 2.45) is 0 Å². The maximum absolute atomic E-state index is 13.4. The maximum Gasteiger partial charge on any atom is 0.280 e. The summed E-state index contributed by atoms with van der Waals surface area (Å²) in [7, 11) is 0. The van der Waals surface area contributed by atoms with E-state index >= 15 is 0 Å². The molecule has 31 heavy (non-hydrogen) atoms. The van der Waals surface area contributed by atoms with Gasteiger partial charge in [-0.15, -0.1) is 0 Å². The summed E-state index contributed by atoms with van der Waals surface area (Å²) in [6, 6.07) is 18.0. The predicted octanol–water partition coefficient (Wildman–Crippen LogP) is 4.40. The van der Waals surface area contributed by atoms with Gasteiger partial charge in [-0.1, -0.05) is 42.0 Å². The maximum atomic E-state index is 13.4. The number of fused-ring (bicyclic) bond motifs is 2. The first-order chi connectivity index (χ1) is 15.0. The molecule has 0 aromatic heterocycles. The van der Waals surface area contributed by atoms with Gasteiger partial charge in [-0.05, 0) is 30.7 Å². The SMILES string of the molecule is Cc1ccc(CN2C(=O)c3ccccc3N[C@@H]2c2cc3c(cc2[N+](=O)[O-])OCO3)cc1. The molecule has 1 atom stereocenters. The van der Waals surface area contributed by atoms with E-state index in [2.05, 4.69) is 5.32 Å². The Labute approximate surface area is 178 Å². The van der Waals surface area contributed by atoms with Gasteiger partial charge in [-0.3, -0.25) is 14.9 Å². The standard InChI is InChI=1S/C23H19N3O5/c1-14-6-8-15(9-7-14)12-25-22(24-18-5-3-2-4-16(18)23(25)27)17-10-20-21(31-13-30-20)11-19(17)26(28)29/h2-11,22,24H,12-13H2,1H3/t22-/m0/s1. The van der Waals surface area contributed by atoms with Crippen LogP contribution in [0.4, 0.5) is 11.4 Å². The molecule has 0 saturated heterocycles. The van der Waals surface area contributed by atoms with Crippen molar-refractivity contribution in [3.8, 4) is 11.5 Å². The average molecular weight is 417 g/mol. The first-order valence-electron chi connectivity index (χ1n) is 9.81. The lowest BCUT2D eigenvalue weighted by Gasteiger charge is -2.38. The Bertz CT molecular complexity index is 1190. The summed E-state index contributed by atoms with van der Waals surface area (Å²) >= 11 is 0. The van der Waals surface area contributed by atoms with Gasteiger partial charge in [0.2, 0.25) is 6.79 Å². The minimum atomic E-state index is -0.751. The fraction of sp³-hybridized carbons (Fsp3) is 0.174. The molecule has 0 fully saturated rings. The highest BCUT2D eigenvalue weighted by molar-refractivity contribution is 6.01. The second-order valence-electron chi connectivity index (χ2n) is 7.53. The summed E-state index contributed by atoms with van der Waals surface area (Å²) in [6.07, 6.45) is -0.751. The number of aryl methyl sites for hydroxylation is 1. The van der Waals surface area contributed by atoms with Crippen LogP contribution in [-0.4, -0.2) is 22.5 Å². The molecular formula is C23H19N3O5. The van der Waals surface area contributed by atoms with Crippen LogP contribution in [0.5, 0.6) is 11.5 Å². The van der Waals surface area contributed by atoms with E-state index in [0.717, 1.165) is 11.1 Å². The lowest BCUT2D eigenvalue weighted by molar-refractivity contribution is -0.385.